The van der Waals surface area contributed by atoms with Gasteiger partial charge in [0.1, 0.15) is 0 Å². The van der Waals surface area contributed by atoms with Gasteiger partial charge in [-0.1, -0.05) is 12.1 Å². The molecule has 0 spiro atoms. The number of hydrogen-bond acceptors (Lipinski definition) is 1. The van der Waals surface area contributed by atoms with Gasteiger partial charge in [-0.25, -0.2) is 4.79 Å². The smallest absolute Gasteiger partial charge is 0.334 e. The summed E-state index contributed by atoms with van der Waals surface area (Å²) >= 11 is 0. The highest BCUT2D eigenvalue weighted by Gasteiger charge is 2.30. The molecule has 0 fully saturated rings. The normalized spacial score (nSPS) is 11.1. The molecule has 0 atom stereocenters. The summed E-state index contributed by atoms with van der Waals surface area (Å²) in [4.78, 5) is 12.5. The number of urea groups is 1. The van der Waals surface area contributed by atoms with Crippen LogP contribution in [0.4, 0.5) is 18.0 Å². The monoisotopic (exact) mass is 246 g/mol. The first-order valence-electron chi connectivity index (χ1n) is 4.92. The van der Waals surface area contributed by atoms with E-state index >= 15 is 0 Å². The Hall–Kier alpha value is -1.72. The zero-order valence-corrected chi connectivity index (χ0v) is 9.51. The van der Waals surface area contributed by atoms with Crippen molar-refractivity contribution in [1.82, 2.24) is 10.2 Å². The van der Waals surface area contributed by atoms with Crippen molar-refractivity contribution in [2.75, 3.05) is 14.1 Å². The van der Waals surface area contributed by atoms with E-state index in [0.29, 0.717) is 5.56 Å². The van der Waals surface area contributed by atoms with Crippen molar-refractivity contribution < 1.29 is 18.0 Å². The summed E-state index contributed by atoms with van der Waals surface area (Å²) in [5.74, 6) is 0. The Labute approximate surface area is 97.2 Å². The van der Waals surface area contributed by atoms with Gasteiger partial charge < -0.3 is 10.2 Å². The molecule has 0 bridgehead atoms. The lowest BCUT2D eigenvalue weighted by Crippen LogP contribution is -2.33. The van der Waals surface area contributed by atoms with Crippen LogP contribution in [0, 0.1) is 0 Å². The van der Waals surface area contributed by atoms with Crippen LogP contribution >= 0.6 is 0 Å². The molecule has 1 N–H and O–H groups in total. The fraction of sp³-hybridized carbons (Fsp3) is 0.364. The molecule has 0 saturated heterocycles. The molecular weight excluding hydrogens is 233 g/mol. The molecule has 94 valence electrons. The van der Waals surface area contributed by atoms with Crippen molar-refractivity contribution in [3.05, 3.63) is 35.4 Å². The average molecular weight is 246 g/mol. The van der Waals surface area contributed by atoms with Gasteiger partial charge >= 0.3 is 12.2 Å². The van der Waals surface area contributed by atoms with Crippen molar-refractivity contribution in [2.45, 2.75) is 12.7 Å². The number of nitrogens with one attached hydrogen (secondary N) is 1. The quantitative estimate of drug-likeness (QED) is 0.854. The zero-order chi connectivity index (χ0) is 13.1. The van der Waals surface area contributed by atoms with Crippen LogP contribution in [-0.4, -0.2) is 25.0 Å². The number of halogens is 3. The second-order valence-electron chi connectivity index (χ2n) is 3.75. The fourth-order valence-corrected chi connectivity index (χ4v) is 1.19. The molecule has 0 aliphatic heterocycles. The SMILES string of the molecule is CN(C)C(=O)NCc1cccc(C(F)(F)F)c1. The van der Waals surface area contributed by atoms with Crippen LogP contribution in [0.5, 0.6) is 0 Å². The molecule has 1 rings (SSSR count). The molecule has 1 aromatic rings. The van der Waals surface area contributed by atoms with Crippen LogP contribution in [0.3, 0.4) is 0 Å². The van der Waals surface area contributed by atoms with E-state index in [-0.39, 0.29) is 12.6 Å². The van der Waals surface area contributed by atoms with Crippen LogP contribution in [0.15, 0.2) is 24.3 Å². The summed E-state index contributed by atoms with van der Waals surface area (Å²) in [6.07, 6.45) is -4.36. The number of carbonyl (C=O) groups excluding carboxylic acids is 1. The van der Waals surface area contributed by atoms with Gasteiger partial charge in [0.2, 0.25) is 0 Å². The molecule has 3 nitrogen and oxygen atoms in total. The molecule has 0 unspecified atom stereocenters. The van der Waals surface area contributed by atoms with Crippen molar-refractivity contribution in [1.29, 1.82) is 0 Å². The van der Waals surface area contributed by atoms with E-state index in [1.54, 1.807) is 14.1 Å². The van der Waals surface area contributed by atoms with Gasteiger partial charge in [0.05, 0.1) is 5.56 Å². The van der Waals surface area contributed by atoms with E-state index in [9.17, 15) is 18.0 Å². The number of alkyl halides is 3. The van der Waals surface area contributed by atoms with Gasteiger partial charge in [-0.2, -0.15) is 13.2 Å². The minimum Gasteiger partial charge on any atom is -0.334 e. The van der Waals surface area contributed by atoms with Crippen LogP contribution in [0.25, 0.3) is 0 Å². The minimum atomic E-state index is -4.36. The molecule has 0 saturated carbocycles. The van der Waals surface area contributed by atoms with Crippen LogP contribution in [-0.2, 0) is 12.7 Å². The molecule has 0 radical (unpaired) electrons. The second kappa shape index (κ2) is 5.07. The summed E-state index contributed by atoms with van der Waals surface area (Å²) in [6, 6.07) is 4.53. The van der Waals surface area contributed by atoms with Gasteiger partial charge in [0.15, 0.2) is 0 Å². The zero-order valence-electron chi connectivity index (χ0n) is 9.51. The van der Waals surface area contributed by atoms with Crippen molar-refractivity contribution in [2.24, 2.45) is 0 Å². The van der Waals surface area contributed by atoms with Crippen molar-refractivity contribution in [3.63, 3.8) is 0 Å². The number of benzene rings is 1. The summed E-state index contributed by atoms with van der Waals surface area (Å²) in [5.41, 5.74) is -0.302. The number of nitrogens with zero attached hydrogens (tertiary/aromatic N) is 1. The molecule has 0 heterocycles. The summed E-state index contributed by atoms with van der Waals surface area (Å²) in [7, 11) is 3.11. The maximum Gasteiger partial charge on any atom is 0.416 e. The lowest BCUT2D eigenvalue weighted by Gasteiger charge is -2.13. The van der Waals surface area contributed by atoms with Gasteiger partial charge in [0, 0.05) is 20.6 Å². The Bertz CT molecular complexity index is 402. The van der Waals surface area contributed by atoms with Gasteiger partial charge in [0.25, 0.3) is 0 Å². The second-order valence-corrected chi connectivity index (χ2v) is 3.75. The lowest BCUT2D eigenvalue weighted by atomic mass is 10.1. The van der Waals surface area contributed by atoms with Crippen molar-refractivity contribution in [3.8, 4) is 0 Å². The molecule has 17 heavy (non-hydrogen) atoms. The van der Waals surface area contributed by atoms with Crippen LogP contribution in [0.2, 0.25) is 0 Å². The van der Waals surface area contributed by atoms with Gasteiger partial charge in [-0.15, -0.1) is 0 Å². The highest BCUT2D eigenvalue weighted by molar-refractivity contribution is 5.73. The van der Waals surface area contributed by atoms with Crippen LogP contribution < -0.4 is 5.32 Å². The maximum absolute atomic E-state index is 12.4. The Morgan fingerprint density at radius 3 is 2.53 bits per heavy atom. The molecule has 6 heteroatoms. The molecular formula is C11H13F3N2O. The number of carbonyl (C=O) groups is 1. The Morgan fingerprint density at radius 2 is 2.00 bits per heavy atom. The number of amides is 2. The van der Waals surface area contributed by atoms with E-state index in [2.05, 4.69) is 5.32 Å². The van der Waals surface area contributed by atoms with Gasteiger partial charge in [-0.3, -0.25) is 0 Å². The van der Waals surface area contributed by atoms with E-state index in [4.69, 9.17) is 0 Å². The highest BCUT2D eigenvalue weighted by atomic mass is 19.4. The predicted octanol–water partition coefficient (Wildman–Crippen LogP) is 2.48. The standard InChI is InChI=1S/C11H13F3N2O/c1-16(2)10(17)15-7-8-4-3-5-9(6-8)11(12,13)14/h3-6H,7H2,1-2H3,(H,15,17). The van der Waals surface area contributed by atoms with E-state index in [1.807, 2.05) is 0 Å². The maximum atomic E-state index is 12.4. The highest BCUT2D eigenvalue weighted by Crippen LogP contribution is 2.29. The Balaban J connectivity index is 2.70. The Kier molecular flexibility index (Phi) is 3.98. The lowest BCUT2D eigenvalue weighted by molar-refractivity contribution is -0.137. The third-order valence-corrected chi connectivity index (χ3v) is 2.10. The first kappa shape index (κ1) is 13.3. The summed E-state index contributed by atoms with van der Waals surface area (Å²) < 4.78 is 37.2. The Morgan fingerprint density at radius 1 is 1.35 bits per heavy atom. The average Bonchev–Trinajstić information content (AvgIpc) is 2.25. The molecule has 0 aliphatic rings. The fourth-order valence-electron chi connectivity index (χ4n) is 1.19. The third-order valence-electron chi connectivity index (χ3n) is 2.10. The molecule has 2 amide bonds. The summed E-state index contributed by atoms with van der Waals surface area (Å²) in [6.45, 7) is 0.0704. The van der Waals surface area contributed by atoms with Gasteiger partial charge in [-0.05, 0) is 17.7 Å². The number of rotatable bonds is 2. The van der Waals surface area contributed by atoms with E-state index in [0.717, 1.165) is 12.1 Å². The molecule has 1 aromatic carbocycles. The summed E-state index contributed by atoms with van der Waals surface area (Å²) in [5, 5.41) is 2.50. The number of hydrogen-bond donors (Lipinski definition) is 1. The largest absolute Gasteiger partial charge is 0.416 e. The third kappa shape index (κ3) is 3.97. The topological polar surface area (TPSA) is 32.3 Å². The first-order valence-corrected chi connectivity index (χ1v) is 4.92. The van der Waals surface area contributed by atoms with Crippen LogP contribution in [0.1, 0.15) is 11.1 Å². The van der Waals surface area contributed by atoms with Crippen molar-refractivity contribution >= 4 is 6.03 Å². The minimum absolute atomic E-state index is 0.0704. The predicted molar refractivity (Wildman–Crippen MR) is 57.4 cm³/mol. The molecule has 0 aliphatic carbocycles. The van der Waals surface area contributed by atoms with E-state index in [1.165, 1.54) is 17.0 Å². The first-order chi connectivity index (χ1) is 7.80. The van der Waals surface area contributed by atoms with E-state index < -0.39 is 11.7 Å². The molecule has 0 aromatic heterocycles.